The van der Waals surface area contributed by atoms with Crippen LogP contribution in [0.4, 0.5) is 10.1 Å². The molecule has 1 aliphatic heterocycles. The van der Waals surface area contributed by atoms with Crippen molar-refractivity contribution in [2.75, 3.05) is 11.5 Å². The maximum absolute atomic E-state index is 15.0. The van der Waals surface area contributed by atoms with Crippen LogP contribution in [0.2, 0.25) is 22.2 Å². The molecule has 2 amide bonds. The number of hydrogen-bond acceptors (Lipinski definition) is 4. The van der Waals surface area contributed by atoms with Gasteiger partial charge in [0.05, 0.1) is 31.7 Å². The zero-order chi connectivity index (χ0) is 24.9. The Labute approximate surface area is 198 Å². The molecule has 1 aromatic rings. The number of nitrogens with zero attached hydrogens (tertiary/aromatic N) is 1. The Morgan fingerprint density at radius 1 is 1.15 bits per heavy atom. The van der Waals surface area contributed by atoms with E-state index in [1.165, 1.54) is 13.0 Å². The van der Waals surface area contributed by atoms with Gasteiger partial charge in [-0.25, -0.2) is 9.29 Å². The number of carbonyl (C=O) groups excluding carboxylic acids is 3. The van der Waals surface area contributed by atoms with E-state index in [0.717, 1.165) is 4.90 Å². The topological polar surface area (TPSA) is 63.7 Å². The Balaban J connectivity index is 2.30. The summed E-state index contributed by atoms with van der Waals surface area (Å²) in [6.45, 7) is 16.8. The molecule has 3 rings (SSSR count). The van der Waals surface area contributed by atoms with Crippen molar-refractivity contribution in [2.24, 2.45) is 5.92 Å². The molecule has 33 heavy (non-hydrogen) atoms. The zero-order valence-corrected chi connectivity index (χ0v) is 22.2. The van der Waals surface area contributed by atoms with Crippen LogP contribution in [-0.2, 0) is 24.5 Å². The molecule has 0 bridgehead atoms. The van der Waals surface area contributed by atoms with Crippen LogP contribution in [0.3, 0.4) is 0 Å². The largest absolute Gasteiger partial charge is 0.466 e. The Morgan fingerprint density at radius 3 is 2.21 bits per heavy atom. The summed E-state index contributed by atoms with van der Waals surface area (Å²) in [7, 11) is -2.07. The minimum atomic E-state index is -2.07. The third-order valence-corrected chi connectivity index (χ3v) is 16.4. The van der Waals surface area contributed by atoms with Gasteiger partial charge in [0.15, 0.2) is 0 Å². The molecule has 1 spiro atoms. The SMILES string of the molecule is CCOC(=O)[C@H]1C[C@@H]([Si](C(C)C)(C(C)C)C(C)C)C[C@]12C(=O)N(C(C)=O)c1c(F)cccc12. The molecule has 1 heterocycles. The van der Waals surface area contributed by atoms with Crippen LogP contribution in [0.25, 0.3) is 0 Å². The van der Waals surface area contributed by atoms with E-state index >= 15 is 4.39 Å². The number of amides is 2. The average molecular weight is 476 g/mol. The van der Waals surface area contributed by atoms with Crippen molar-refractivity contribution in [3.05, 3.63) is 29.6 Å². The van der Waals surface area contributed by atoms with Gasteiger partial charge in [0.2, 0.25) is 11.8 Å². The summed E-state index contributed by atoms with van der Waals surface area (Å²) in [6, 6.07) is 4.56. The number of imide groups is 1. The summed E-state index contributed by atoms with van der Waals surface area (Å²) < 4.78 is 20.5. The molecule has 2 aliphatic rings. The van der Waals surface area contributed by atoms with E-state index in [9.17, 15) is 14.4 Å². The van der Waals surface area contributed by atoms with E-state index < -0.39 is 43.0 Å². The highest BCUT2D eigenvalue weighted by Gasteiger charge is 2.67. The molecule has 1 fully saturated rings. The standard InChI is InChI=1S/C26H38FNO4Si/c1-9-32-24(30)21-13-19(33(15(2)3,16(4)5)17(6)7)14-26(21)20-11-10-12-22(27)23(20)28(18(8)29)25(26)31/h10-12,15-17,19,21H,9,13-14H2,1-8H3/t19-,21-,26-/m1/s1. The maximum atomic E-state index is 15.0. The molecule has 0 N–H and O–H groups in total. The summed E-state index contributed by atoms with van der Waals surface area (Å²) in [6.07, 6.45) is 0.989. The number of esters is 1. The summed E-state index contributed by atoms with van der Waals surface area (Å²) in [5.74, 6) is -2.78. The second kappa shape index (κ2) is 8.97. The van der Waals surface area contributed by atoms with Gasteiger partial charge in [0.1, 0.15) is 5.82 Å². The molecule has 1 aliphatic carbocycles. The monoisotopic (exact) mass is 475 g/mol. The first-order valence-electron chi connectivity index (χ1n) is 12.2. The molecule has 0 unspecified atom stereocenters. The van der Waals surface area contributed by atoms with Gasteiger partial charge in [-0.3, -0.25) is 14.4 Å². The van der Waals surface area contributed by atoms with Crippen molar-refractivity contribution < 1.29 is 23.5 Å². The number of rotatable bonds is 6. The summed E-state index contributed by atoms with van der Waals surface area (Å²) in [5.41, 5.74) is 0.683. The number of hydrogen-bond donors (Lipinski definition) is 0. The van der Waals surface area contributed by atoms with Crippen LogP contribution in [0, 0.1) is 11.7 Å². The predicted molar refractivity (Wildman–Crippen MR) is 130 cm³/mol. The van der Waals surface area contributed by atoms with Crippen molar-refractivity contribution in [3.8, 4) is 0 Å². The van der Waals surface area contributed by atoms with Crippen molar-refractivity contribution in [2.45, 2.75) is 95.8 Å². The first kappa shape index (κ1) is 25.6. The lowest BCUT2D eigenvalue weighted by Crippen LogP contribution is -2.49. The maximum Gasteiger partial charge on any atom is 0.310 e. The number of anilines is 1. The molecular weight excluding hydrogens is 437 g/mol. The van der Waals surface area contributed by atoms with Crippen molar-refractivity contribution in [3.63, 3.8) is 0 Å². The number of benzene rings is 1. The van der Waals surface area contributed by atoms with E-state index in [1.54, 1.807) is 19.1 Å². The van der Waals surface area contributed by atoms with Gasteiger partial charge in [-0.1, -0.05) is 70.3 Å². The Morgan fingerprint density at radius 2 is 1.73 bits per heavy atom. The number of fused-ring (bicyclic) bond motifs is 2. The molecule has 7 heteroatoms. The average Bonchev–Trinajstić information content (AvgIpc) is 3.21. The van der Waals surface area contributed by atoms with Crippen molar-refractivity contribution in [1.82, 2.24) is 0 Å². The smallest absolute Gasteiger partial charge is 0.310 e. The quantitative estimate of drug-likeness (QED) is 0.375. The van der Waals surface area contributed by atoms with Crippen LogP contribution in [0.1, 0.15) is 73.8 Å². The number of para-hydroxylation sites is 1. The fraction of sp³-hybridized carbons (Fsp3) is 0.654. The fourth-order valence-corrected chi connectivity index (χ4v) is 15.9. The molecular formula is C26H38FNO4Si. The Bertz CT molecular complexity index is 938. The molecule has 0 saturated heterocycles. The van der Waals surface area contributed by atoms with E-state index in [4.69, 9.17) is 4.74 Å². The van der Waals surface area contributed by atoms with Gasteiger partial charge in [-0.15, -0.1) is 0 Å². The first-order chi connectivity index (χ1) is 15.4. The van der Waals surface area contributed by atoms with Gasteiger partial charge in [0, 0.05) is 6.92 Å². The van der Waals surface area contributed by atoms with Gasteiger partial charge in [0.25, 0.3) is 0 Å². The number of carbonyl (C=O) groups is 3. The molecule has 0 aromatic heterocycles. The Hall–Kier alpha value is -2.02. The van der Waals surface area contributed by atoms with Crippen molar-refractivity contribution >= 4 is 31.5 Å². The second-order valence-corrected chi connectivity index (χ2v) is 17.0. The number of halogens is 1. The Kier molecular flexibility index (Phi) is 6.96. The molecule has 3 atom stereocenters. The number of ether oxygens (including phenoxy) is 1. The van der Waals surface area contributed by atoms with Crippen LogP contribution in [0.15, 0.2) is 18.2 Å². The highest BCUT2D eigenvalue weighted by Crippen LogP contribution is 2.65. The molecule has 1 saturated carbocycles. The molecule has 1 aromatic carbocycles. The summed E-state index contributed by atoms with van der Waals surface area (Å²) >= 11 is 0. The third kappa shape index (κ3) is 3.49. The van der Waals surface area contributed by atoms with Gasteiger partial charge in [-0.05, 0) is 36.9 Å². The normalized spacial score (nSPS) is 25.0. The highest BCUT2D eigenvalue weighted by molar-refractivity contribution is 6.85. The van der Waals surface area contributed by atoms with Crippen LogP contribution < -0.4 is 4.90 Å². The lowest BCUT2D eigenvalue weighted by Gasteiger charge is -2.48. The third-order valence-electron chi connectivity index (χ3n) is 8.55. The van der Waals surface area contributed by atoms with E-state index in [0.29, 0.717) is 35.0 Å². The van der Waals surface area contributed by atoms with Crippen LogP contribution in [0.5, 0.6) is 0 Å². The lowest BCUT2D eigenvalue weighted by molar-refractivity contribution is -0.152. The second-order valence-electron chi connectivity index (χ2n) is 10.7. The molecule has 0 radical (unpaired) electrons. The summed E-state index contributed by atoms with van der Waals surface area (Å²) in [5, 5.41) is 0. The van der Waals surface area contributed by atoms with E-state index in [1.807, 2.05) is 0 Å². The molecule has 182 valence electrons. The summed E-state index contributed by atoms with van der Waals surface area (Å²) in [4.78, 5) is 40.9. The highest BCUT2D eigenvalue weighted by atomic mass is 28.3. The fourth-order valence-electron chi connectivity index (χ4n) is 7.79. The van der Waals surface area contributed by atoms with E-state index in [2.05, 4.69) is 41.5 Å². The van der Waals surface area contributed by atoms with Crippen LogP contribution in [-0.4, -0.2) is 32.5 Å². The minimum Gasteiger partial charge on any atom is -0.466 e. The van der Waals surface area contributed by atoms with Gasteiger partial charge in [-0.2, -0.15) is 0 Å². The minimum absolute atomic E-state index is 0.0101. The van der Waals surface area contributed by atoms with Crippen molar-refractivity contribution in [1.29, 1.82) is 0 Å². The lowest BCUT2D eigenvalue weighted by atomic mass is 9.73. The first-order valence-corrected chi connectivity index (χ1v) is 14.5. The van der Waals surface area contributed by atoms with Gasteiger partial charge < -0.3 is 4.74 Å². The van der Waals surface area contributed by atoms with Gasteiger partial charge >= 0.3 is 5.97 Å². The zero-order valence-electron chi connectivity index (χ0n) is 21.2. The van der Waals surface area contributed by atoms with E-state index in [-0.39, 0.29) is 17.8 Å². The molecule has 5 nitrogen and oxygen atoms in total. The predicted octanol–water partition coefficient (Wildman–Crippen LogP) is 5.98. The van der Waals surface area contributed by atoms with Crippen LogP contribution >= 0.6 is 0 Å².